The fourth-order valence-corrected chi connectivity index (χ4v) is 14.8. The van der Waals surface area contributed by atoms with E-state index in [9.17, 15) is 51.5 Å². The van der Waals surface area contributed by atoms with Crippen molar-refractivity contribution in [3.8, 4) is 0 Å². The largest absolute Gasteiger partial charge is 0.422 e. The summed E-state index contributed by atoms with van der Waals surface area (Å²) in [4.78, 5) is 189. The van der Waals surface area contributed by atoms with Crippen LogP contribution in [0, 0.1) is 30.4 Å². The summed E-state index contributed by atoms with van der Waals surface area (Å²) in [7, 11) is 9.58. The number of carbonyl (C=O) groups excluding carboxylic acids is 12. The van der Waals surface area contributed by atoms with Crippen molar-refractivity contribution in [3.05, 3.63) is 70.3 Å². The number of fused-ring (bicyclic) bond motifs is 1. The number of halogens is 5. The van der Waals surface area contributed by atoms with E-state index >= 15 is 28.0 Å². The van der Waals surface area contributed by atoms with Crippen LogP contribution in [0.4, 0.5) is 22.0 Å². The summed E-state index contributed by atoms with van der Waals surface area (Å²) in [5.41, 5.74) is -2.60. The van der Waals surface area contributed by atoms with Gasteiger partial charge in [0.15, 0.2) is 0 Å². The Bertz CT molecular complexity index is 3340. The van der Waals surface area contributed by atoms with Crippen molar-refractivity contribution < 1.29 is 79.5 Å². The lowest BCUT2D eigenvalue weighted by Crippen LogP contribution is -2.65. The third kappa shape index (κ3) is 19.5. The van der Waals surface area contributed by atoms with Gasteiger partial charge in [0.2, 0.25) is 70.9 Å². The van der Waals surface area contributed by atoms with Gasteiger partial charge in [-0.2, -0.15) is 13.2 Å². The third-order valence-corrected chi connectivity index (χ3v) is 21.3. The first-order valence-corrected chi connectivity index (χ1v) is 35.6. The van der Waals surface area contributed by atoms with E-state index in [-0.39, 0.29) is 50.6 Å². The smallest absolute Gasteiger partial charge is 0.343 e. The van der Waals surface area contributed by atoms with E-state index in [1.165, 1.54) is 68.9 Å². The molecule has 29 heteroatoms. The van der Waals surface area contributed by atoms with Crippen molar-refractivity contribution in [2.75, 3.05) is 88.6 Å². The number of alkyl halides is 3. The van der Waals surface area contributed by atoms with Crippen molar-refractivity contribution >= 4 is 70.9 Å². The minimum Gasteiger partial charge on any atom is -0.343 e. The standard InChI is InChI=1S/C72H103F5N12O12/c1-12-22-52-63(94)79-61(45(4)13-2)68(99)83(7)42-58(92)81(5)43-59(93)85(9)54(39-46-28-26-44(3)27-29-46)66(97)82(6)41-56(90)78-51(31-30-47-37-49(73)60(50(74)38-47)72(75,76)77)65(96)89-36-21-25-53(89)64(95)80-71(32-17-18-33-71)70(101)87(11)62(48-23-15-14-16-24-48)69(100)86(10)55(40-57(91)84(52)8)67(98)88-34-19-20-35-88/h26-29,37-38,45,48,51-55,61-62H,12-25,30-36,39-43H2,1-11H3,(H,78,90)(H,79,94)(H,80,95)/t45-,51-,52-,53-,54-,55-,61-,62-/m0/s1. The molecule has 0 bridgehead atoms. The van der Waals surface area contributed by atoms with E-state index in [0.29, 0.717) is 95.0 Å². The zero-order valence-corrected chi connectivity index (χ0v) is 60.4. The number of aryl methyl sites for hydroxylation is 2. The molecular weight excluding hydrogens is 1320 g/mol. The van der Waals surface area contributed by atoms with Gasteiger partial charge in [0.25, 0.3) is 0 Å². The molecule has 558 valence electrons. The number of likely N-dealkylation sites (N-methyl/N-ethyl adjacent to an activating group) is 7. The molecule has 3 heterocycles. The number of benzene rings is 2. The monoisotopic (exact) mass is 1420 g/mol. The number of hydrogen-bond acceptors (Lipinski definition) is 12. The van der Waals surface area contributed by atoms with Gasteiger partial charge in [0.1, 0.15) is 65.0 Å². The minimum atomic E-state index is -5.39. The molecule has 5 aliphatic rings. The van der Waals surface area contributed by atoms with E-state index < -0.39 is 193 Å². The first-order valence-electron chi connectivity index (χ1n) is 35.6. The summed E-state index contributed by atoms with van der Waals surface area (Å²) in [6.07, 6.45) is -0.0537. The zero-order chi connectivity index (χ0) is 74.5. The molecule has 8 atom stereocenters. The Kier molecular flexibility index (Phi) is 27.8. The average molecular weight is 1420 g/mol. The lowest BCUT2D eigenvalue weighted by atomic mass is 9.81. The number of likely N-dealkylation sites (tertiary alicyclic amines) is 1. The van der Waals surface area contributed by atoms with Crippen LogP contribution in [0.5, 0.6) is 0 Å². The Labute approximate surface area is 589 Å². The molecule has 24 nitrogen and oxygen atoms in total. The third-order valence-electron chi connectivity index (χ3n) is 21.3. The summed E-state index contributed by atoms with van der Waals surface area (Å²) in [5, 5.41) is 8.47. The Balaban J connectivity index is 1.29. The molecular formula is C72H103F5N12O12. The summed E-state index contributed by atoms with van der Waals surface area (Å²) in [6.45, 7) is 5.86. The summed E-state index contributed by atoms with van der Waals surface area (Å²) in [6, 6.07) is -1.36. The summed E-state index contributed by atoms with van der Waals surface area (Å²) < 4.78 is 71.4. The molecule has 3 saturated heterocycles. The molecule has 2 saturated carbocycles. The SMILES string of the molecule is CCC[C@H]1C(=O)N[C@@H]([C@@H](C)CC)C(=O)N(C)CC(=O)N(C)CC(=O)N(C)[C@@H](Cc2ccc(C)cc2)C(=O)N(C)CC(=O)N[C@@H](CCc2cc(F)c(C(F)(F)F)c(F)c2)C(=O)N2CCC[C@H]2C(=O)NC2(CCCC2)C(=O)N(C)[C@@H](C2CCCCC2)C(=O)N(C)[C@H](C(=O)N2CCCC2)CC(=O)N1C. The van der Waals surface area contributed by atoms with Crippen LogP contribution in [0.3, 0.4) is 0 Å². The zero-order valence-electron chi connectivity index (χ0n) is 60.4. The van der Waals surface area contributed by atoms with Gasteiger partial charge in [-0.15, -0.1) is 0 Å². The quantitative estimate of drug-likeness (QED) is 0.251. The highest BCUT2D eigenvalue weighted by Crippen LogP contribution is 2.38. The van der Waals surface area contributed by atoms with Crippen LogP contribution >= 0.6 is 0 Å². The number of carbonyl (C=O) groups is 12. The predicted molar refractivity (Wildman–Crippen MR) is 363 cm³/mol. The number of rotatable bonds is 11. The van der Waals surface area contributed by atoms with Gasteiger partial charge >= 0.3 is 6.18 Å². The topological polar surface area (TPSA) is 270 Å². The van der Waals surface area contributed by atoms with Crippen LogP contribution in [-0.4, -0.2) is 251 Å². The van der Waals surface area contributed by atoms with Gasteiger partial charge in [0, 0.05) is 75.4 Å². The first kappa shape index (κ1) is 80.0. The second-order valence-corrected chi connectivity index (χ2v) is 28.5. The fraction of sp³-hybridized carbons (Fsp3) is 0.667. The first-order chi connectivity index (χ1) is 47.6. The summed E-state index contributed by atoms with van der Waals surface area (Å²) >= 11 is 0. The minimum absolute atomic E-state index is 0.0525. The Morgan fingerprint density at radius 3 is 1.79 bits per heavy atom. The van der Waals surface area contributed by atoms with E-state index in [1.54, 1.807) is 36.1 Å². The molecule has 0 unspecified atom stereocenters. The maximum absolute atomic E-state index is 15.7. The Morgan fingerprint density at radius 2 is 1.20 bits per heavy atom. The molecule has 2 aliphatic carbocycles. The lowest BCUT2D eigenvalue weighted by molar-refractivity contribution is -0.156. The lowest BCUT2D eigenvalue weighted by Gasteiger charge is -2.43. The normalized spacial score (nSPS) is 25.5. The van der Waals surface area contributed by atoms with E-state index in [2.05, 4.69) is 16.0 Å². The maximum Gasteiger partial charge on any atom is 0.422 e. The van der Waals surface area contributed by atoms with Crippen LogP contribution in [0.15, 0.2) is 36.4 Å². The molecule has 7 rings (SSSR count). The molecule has 2 aromatic carbocycles. The second-order valence-electron chi connectivity index (χ2n) is 28.5. The number of amides is 12. The van der Waals surface area contributed by atoms with Crippen molar-refractivity contribution in [1.82, 2.24) is 60.0 Å². The van der Waals surface area contributed by atoms with Crippen molar-refractivity contribution in [2.45, 2.75) is 210 Å². The molecule has 0 aromatic heterocycles. The number of nitrogens with one attached hydrogen (secondary N) is 3. The highest BCUT2D eigenvalue weighted by Gasteiger charge is 2.52. The van der Waals surface area contributed by atoms with Crippen LogP contribution < -0.4 is 16.0 Å². The fourth-order valence-electron chi connectivity index (χ4n) is 14.8. The van der Waals surface area contributed by atoms with Gasteiger partial charge in [-0.25, -0.2) is 8.78 Å². The molecule has 2 aromatic rings. The predicted octanol–water partition coefficient (Wildman–Crippen LogP) is 4.99. The second kappa shape index (κ2) is 35.1. The maximum atomic E-state index is 15.7. The Morgan fingerprint density at radius 1 is 0.604 bits per heavy atom. The molecule has 1 spiro atoms. The van der Waals surface area contributed by atoms with Crippen molar-refractivity contribution in [3.63, 3.8) is 0 Å². The van der Waals surface area contributed by atoms with Crippen LogP contribution in [0.2, 0.25) is 0 Å². The van der Waals surface area contributed by atoms with E-state index in [4.69, 9.17) is 0 Å². The molecule has 3 aliphatic heterocycles. The van der Waals surface area contributed by atoms with Gasteiger partial charge in [-0.3, -0.25) is 57.5 Å². The van der Waals surface area contributed by atoms with Crippen LogP contribution in [-0.2, 0) is 76.6 Å². The Hall–Kier alpha value is -8.27. The van der Waals surface area contributed by atoms with Crippen LogP contribution in [0.1, 0.15) is 159 Å². The van der Waals surface area contributed by atoms with Crippen molar-refractivity contribution in [1.29, 1.82) is 0 Å². The number of nitrogens with zero attached hydrogens (tertiary/aromatic N) is 9. The highest BCUT2D eigenvalue weighted by atomic mass is 19.4. The van der Waals surface area contributed by atoms with Gasteiger partial charge in [0.05, 0.1) is 26.1 Å². The average Bonchev–Trinajstić information content (AvgIpc) is 1.76. The van der Waals surface area contributed by atoms with Crippen LogP contribution in [0.25, 0.3) is 0 Å². The van der Waals surface area contributed by atoms with Gasteiger partial charge in [-0.1, -0.05) is 95.5 Å². The molecule has 12 amide bonds. The molecule has 101 heavy (non-hydrogen) atoms. The summed E-state index contributed by atoms with van der Waals surface area (Å²) in [5.74, 6) is -13.4. The van der Waals surface area contributed by atoms with E-state index in [1.807, 2.05) is 20.8 Å². The van der Waals surface area contributed by atoms with Gasteiger partial charge < -0.3 is 60.0 Å². The highest BCUT2D eigenvalue weighted by molar-refractivity contribution is 6.01. The van der Waals surface area contributed by atoms with E-state index in [0.717, 1.165) is 31.6 Å². The van der Waals surface area contributed by atoms with Gasteiger partial charge in [-0.05, 0) is 113 Å². The molecule has 0 radical (unpaired) electrons. The molecule has 3 N–H and O–H groups in total. The molecule has 5 fully saturated rings. The number of hydrogen-bond donors (Lipinski definition) is 3. The van der Waals surface area contributed by atoms with Crippen molar-refractivity contribution in [2.24, 2.45) is 11.8 Å².